The van der Waals surface area contributed by atoms with E-state index in [4.69, 9.17) is 18.6 Å². The third-order valence-electron chi connectivity index (χ3n) is 8.81. The van der Waals surface area contributed by atoms with E-state index in [1.807, 2.05) is 63.5 Å². The second-order valence-electron chi connectivity index (χ2n) is 13.0. The Labute approximate surface area is 274 Å². The van der Waals surface area contributed by atoms with Crippen LogP contribution in [0, 0.1) is 0 Å². The number of carbonyl (C=O) groups is 2. The van der Waals surface area contributed by atoms with E-state index in [1.165, 1.54) is 0 Å². The second-order valence-corrected chi connectivity index (χ2v) is 17.7. The van der Waals surface area contributed by atoms with Crippen molar-refractivity contribution in [3.05, 3.63) is 60.0 Å². The van der Waals surface area contributed by atoms with Crippen LogP contribution in [0.4, 0.5) is 4.79 Å². The third kappa shape index (κ3) is 9.10. The van der Waals surface area contributed by atoms with Crippen molar-refractivity contribution in [3.63, 3.8) is 0 Å². The highest BCUT2D eigenvalue weighted by atomic mass is 28.4. The van der Waals surface area contributed by atoms with Crippen LogP contribution in [0.15, 0.2) is 48.9 Å². The Morgan fingerprint density at radius 2 is 1.80 bits per heavy atom. The molecule has 0 aliphatic carbocycles. The Bertz CT molecular complexity index is 1410. The standard InChI is InChI=1S/C35H52N4O6Si/c1-8-46(9-2,10-3)45-31(28-13-12-17-36-23-28)25-39(34(41)44-35(5,6)7)18-16-27-24-37-32-29(27)14-11-15-30(32)43-26(4)33(40)38-19-21-42-22-20-38/h11-15,17,23-24,26,31,37H,8-10,16,18-22,25H2,1-7H3/t26-,31-/m0/s1. The number of H-pyrrole nitrogens is 1. The average Bonchev–Trinajstić information content (AvgIpc) is 3.48. The molecule has 1 saturated heterocycles. The molecule has 3 heterocycles. The van der Waals surface area contributed by atoms with Crippen LogP contribution in [0.2, 0.25) is 18.1 Å². The predicted molar refractivity (Wildman–Crippen MR) is 183 cm³/mol. The largest absolute Gasteiger partial charge is 0.479 e. The van der Waals surface area contributed by atoms with Crippen LogP contribution in [0.5, 0.6) is 5.75 Å². The number of aromatic amines is 1. The van der Waals surface area contributed by atoms with E-state index in [0.717, 1.165) is 40.2 Å². The number of para-hydroxylation sites is 1. The minimum absolute atomic E-state index is 0.0493. The van der Waals surface area contributed by atoms with E-state index in [0.29, 0.717) is 51.6 Å². The summed E-state index contributed by atoms with van der Waals surface area (Å²) >= 11 is 0. The fourth-order valence-corrected chi connectivity index (χ4v) is 8.70. The number of carbonyl (C=O) groups excluding carboxylic acids is 2. The molecule has 0 bridgehead atoms. The van der Waals surface area contributed by atoms with Crippen molar-refractivity contribution < 1.29 is 28.2 Å². The van der Waals surface area contributed by atoms with Crippen LogP contribution >= 0.6 is 0 Å². The lowest BCUT2D eigenvalue weighted by Crippen LogP contribution is -2.46. The number of benzene rings is 1. The summed E-state index contributed by atoms with van der Waals surface area (Å²) in [5.74, 6) is 0.568. The first-order chi connectivity index (χ1) is 22.0. The molecule has 1 aliphatic heterocycles. The monoisotopic (exact) mass is 652 g/mol. The average molecular weight is 653 g/mol. The van der Waals surface area contributed by atoms with Crippen molar-refractivity contribution in [2.75, 3.05) is 39.4 Å². The van der Waals surface area contributed by atoms with Crippen LogP contribution in [0.1, 0.15) is 65.7 Å². The molecular weight excluding hydrogens is 600 g/mol. The van der Waals surface area contributed by atoms with Crippen molar-refractivity contribution in [2.24, 2.45) is 0 Å². The number of aromatic nitrogens is 2. The topological polar surface area (TPSA) is 106 Å². The van der Waals surface area contributed by atoms with Gasteiger partial charge in [-0.2, -0.15) is 0 Å². The minimum atomic E-state index is -2.02. The highest BCUT2D eigenvalue weighted by Crippen LogP contribution is 2.32. The Morgan fingerprint density at radius 1 is 1.09 bits per heavy atom. The molecule has 0 spiro atoms. The molecule has 4 rings (SSSR count). The van der Waals surface area contributed by atoms with E-state index in [-0.39, 0.29) is 18.1 Å². The molecule has 0 radical (unpaired) electrons. The number of hydrogen-bond donors (Lipinski definition) is 1. The van der Waals surface area contributed by atoms with Crippen molar-refractivity contribution in [1.82, 2.24) is 19.8 Å². The molecular formula is C35H52N4O6Si. The van der Waals surface area contributed by atoms with Gasteiger partial charge >= 0.3 is 6.09 Å². The molecule has 1 aliphatic rings. The molecule has 3 aromatic rings. The van der Waals surface area contributed by atoms with Gasteiger partial charge in [0.15, 0.2) is 14.4 Å². The van der Waals surface area contributed by atoms with Gasteiger partial charge in [0.2, 0.25) is 0 Å². The van der Waals surface area contributed by atoms with Gasteiger partial charge in [0.25, 0.3) is 5.91 Å². The summed E-state index contributed by atoms with van der Waals surface area (Å²) in [6.45, 7) is 17.1. The Kier molecular flexibility index (Phi) is 12.3. The van der Waals surface area contributed by atoms with Gasteiger partial charge in [-0.15, -0.1) is 0 Å². The number of ether oxygens (including phenoxy) is 3. The highest BCUT2D eigenvalue weighted by Gasteiger charge is 2.35. The maximum Gasteiger partial charge on any atom is 0.410 e. The number of rotatable bonds is 14. The lowest BCUT2D eigenvalue weighted by molar-refractivity contribution is -0.142. The summed E-state index contributed by atoms with van der Waals surface area (Å²) in [6, 6.07) is 12.8. The first-order valence-corrected chi connectivity index (χ1v) is 19.2. The number of morpholine rings is 1. The Hall–Kier alpha value is -3.41. The first-order valence-electron chi connectivity index (χ1n) is 16.7. The van der Waals surface area contributed by atoms with Crippen molar-refractivity contribution in [2.45, 2.75) is 90.8 Å². The molecule has 0 unspecified atom stereocenters. The third-order valence-corrected chi connectivity index (χ3v) is 13.5. The molecule has 2 amide bonds. The van der Waals surface area contributed by atoms with Gasteiger partial charge in [-0.05, 0) is 75.5 Å². The van der Waals surface area contributed by atoms with Gasteiger partial charge in [-0.3, -0.25) is 9.78 Å². The Balaban J connectivity index is 1.56. The number of amides is 2. The highest BCUT2D eigenvalue weighted by molar-refractivity contribution is 6.73. The van der Waals surface area contributed by atoms with Crippen LogP contribution < -0.4 is 4.74 Å². The molecule has 0 saturated carbocycles. The molecule has 46 heavy (non-hydrogen) atoms. The van der Waals surface area contributed by atoms with E-state index >= 15 is 0 Å². The van der Waals surface area contributed by atoms with Gasteiger partial charge in [0.1, 0.15) is 11.4 Å². The summed E-state index contributed by atoms with van der Waals surface area (Å²) in [4.78, 5) is 37.9. The fourth-order valence-electron chi connectivity index (χ4n) is 5.89. The SMILES string of the molecule is CC[Si](CC)(CC)O[C@@H](CN(CCc1c[nH]c2c(O[C@@H](C)C(=O)N3CCOCC3)cccc12)C(=O)OC(C)(C)C)c1cccnc1. The maximum atomic E-state index is 13.7. The summed E-state index contributed by atoms with van der Waals surface area (Å²) in [5, 5.41) is 0.988. The lowest BCUT2D eigenvalue weighted by Gasteiger charge is -2.36. The summed E-state index contributed by atoms with van der Waals surface area (Å²) in [5.41, 5.74) is 2.18. The van der Waals surface area contributed by atoms with Gasteiger partial charge in [-0.25, -0.2) is 4.79 Å². The molecule has 1 fully saturated rings. The smallest absolute Gasteiger partial charge is 0.410 e. The normalized spacial score (nSPS) is 15.4. The van der Waals surface area contributed by atoms with E-state index < -0.39 is 20.0 Å². The van der Waals surface area contributed by atoms with Crippen molar-refractivity contribution in [1.29, 1.82) is 0 Å². The predicted octanol–water partition coefficient (Wildman–Crippen LogP) is 6.73. The molecule has 2 atom stereocenters. The summed E-state index contributed by atoms with van der Waals surface area (Å²) < 4.78 is 24.5. The number of nitrogens with one attached hydrogen (secondary N) is 1. The molecule has 11 heteroatoms. The first kappa shape index (κ1) is 35.4. The van der Waals surface area contributed by atoms with Gasteiger partial charge < -0.3 is 33.4 Å². The zero-order valence-corrected chi connectivity index (χ0v) is 29.6. The van der Waals surface area contributed by atoms with E-state index in [1.54, 1.807) is 22.9 Å². The molecule has 1 aromatic carbocycles. The number of fused-ring (bicyclic) bond motifs is 1. The van der Waals surface area contributed by atoms with Crippen molar-refractivity contribution >= 4 is 31.2 Å². The second kappa shape index (κ2) is 15.9. The molecule has 252 valence electrons. The fraction of sp³-hybridized carbons (Fsp3) is 0.571. The maximum absolute atomic E-state index is 13.7. The Morgan fingerprint density at radius 3 is 2.43 bits per heavy atom. The van der Waals surface area contributed by atoms with Gasteiger partial charge in [-0.1, -0.05) is 39.0 Å². The van der Waals surface area contributed by atoms with Crippen LogP contribution in [-0.2, 0) is 25.1 Å². The summed E-state index contributed by atoms with van der Waals surface area (Å²) in [6.07, 6.45) is 4.81. The number of pyridine rings is 1. The van der Waals surface area contributed by atoms with Crippen LogP contribution in [-0.4, -0.2) is 91.2 Å². The minimum Gasteiger partial charge on any atom is -0.479 e. The number of nitrogens with zero attached hydrogens (tertiary/aromatic N) is 3. The molecule has 1 N–H and O–H groups in total. The van der Waals surface area contributed by atoms with Gasteiger partial charge in [0, 0.05) is 43.6 Å². The summed E-state index contributed by atoms with van der Waals surface area (Å²) in [7, 11) is -2.02. The molecule has 10 nitrogen and oxygen atoms in total. The zero-order chi connectivity index (χ0) is 33.3. The van der Waals surface area contributed by atoms with E-state index in [2.05, 4.69) is 30.7 Å². The van der Waals surface area contributed by atoms with Crippen LogP contribution in [0.3, 0.4) is 0 Å². The van der Waals surface area contributed by atoms with Gasteiger partial charge in [0.05, 0.1) is 31.4 Å². The van der Waals surface area contributed by atoms with E-state index in [9.17, 15) is 9.59 Å². The van der Waals surface area contributed by atoms with Crippen LogP contribution in [0.25, 0.3) is 10.9 Å². The quantitative estimate of drug-likeness (QED) is 0.193. The number of hydrogen-bond acceptors (Lipinski definition) is 7. The van der Waals surface area contributed by atoms with Crippen molar-refractivity contribution in [3.8, 4) is 5.75 Å². The molecule has 2 aromatic heterocycles. The zero-order valence-electron chi connectivity index (χ0n) is 28.6. The lowest BCUT2D eigenvalue weighted by atomic mass is 10.1.